The molecule has 46 heteroatoms. The second-order valence-electron chi connectivity index (χ2n) is 39.8. The van der Waals surface area contributed by atoms with Crippen molar-refractivity contribution in [2.75, 3.05) is 52.9 Å². The Morgan fingerprint density at radius 1 is 0.285 bits per heavy atom. The summed E-state index contributed by atoms with van der Waals surface area (Å²) in [5, 5.41) is 261. The summed E-state index contributed by atoms with van der Waals surface area (Å²) in [6.07, 6.45) is -30.2. The minimum atomic E-state index is -2.37. The molecule has 144 heavy (non-hydrogen) atoms. The van der Waals surface area contributed by atoms with Crippen molar-refractivity contribution in [2.24, 2.45) is 0 Å². The summed E-state index contributed by atoms with van der Waals surface area (Å²) < 4.78 is 96.7. The van der Waals surface area contributed by atoms with Crippen LogP contribution in [0.15, 0.2) is 12.2 Å². The Bertz CT molecular complexity index is 3530. The smallest absolute Gasteiger partial charge is 0.220 e. The van der Waals surface area contributed by atoms with Gasteiger partial charge in [0, 0.05) is 27.2 Å². The van der Waals surface area contributed by atoms with E-state index < -0.39 is 328 Å². The van der Waals surface area contributed by atoms with Crippen molar-refractivity contribution in [3.05, 3.63) is 12.2 Å². The summed E-state index contributed by atoms with van der Waals surface area (Å²) in [6.45, 7) is 0.652. The molecule has 0 aromatic carbocycles. The Kier molecular flexibility index (Phi) is 57.6. The van der Waals surface area contributed by atoms with Gasteiger partial charge in [0.1, 0.15) is 189 Å². The van der Waals surface area contributed by atoms with Crippen molar-refractivity contribution in [3.8, 4) is 0 Å². The number of rotatable bonds is 66. The van der Waals surface area contributed by atoms with Gasteiger partial charge in [-0.25, -0.2) is 0 Å². The molecule has 0 bridgehead atoms. The van der Waals surface area contributed by atoms with Gasteiger partial charge in [0.2, 0.25) is 23.6 Å². The lowest BCUT2D eigenvalue weighted by molar-refractivity contribution is -0.402. The Balaban J connectivity index is 0.901. The molecule has 8 aliphatic heterocycles. The van der Waals surface area contributed by atoms with Gasteiger partial charge in [0.25, 0.3) is 0 Å². The minimum absolute atomic E-state index is 0.154. The summed E-state index contributed by atoms with van der Waals surface area (Å²) in [5.74, 6) is -3.05. The van der Waals surface area contributed by atoms with E-state index in [1.165, 1.54) is 167 Å². The maximum Gasteiger partial charge on any atom is 0.220 e. The van der Waals surface area contributed by atoms with Crippen LogP contribution in [0, 0.1) is 0 Å². The van der Waals surface area contributed by atoms with Crippen LogP contribution in [0.25, 0.3) is 0 Å². The van der Waals surface area contributed by atoms with Crippen LogP contribution in [0.5, 0.6) is 0 Å². The molecule has 8 saturated heterocycles. The van der Waals surface area contributed by atoms with Crippen molar-refractivity contribution in [3.63, 3.8) is 0 Å². The largest absolute Gasteiger partial charge is 0.394 e. The Morgan fingerprint density at radius 2 is 0.576 bits per heavy atom. The molecule has 8 heterocycles. The van der Waals surface area contributed by atoms with E-state index in [4.69, 9.17) is 75.8 Å². The monoisotopic (exact) mass is 2080 g/mol. The summed E-state index contributed by atoms with van der Waals surface area (Å²) >= 11 is 0. The number of carbonyl (C=O) groups excluding carboxylic acids is 4. The number of hydrogen-bond donors (Lipinski definition) is 26. The van der Waals surface area contributed by atoms with E-state index in [2.05, 4.69) is 35.1 Å². The first-order valence-electron chi connectivity index (χ1n) is 52.8. The zero-order valence-electron chi connectivity index (χ0n) is 84.5. The first kappa shape index (κ1) is 125. The predicted molar refractivity (Wildman–Crippen MR) is 506 cm³/mol. The van der Waals surface area contributed by atoms with Crippen LogP contribution >= 0.6 is 0 Å². The van der Waals surface area contributed by atoms with E-state index in [9.17, 15) is 132 Å². The fraction of sp³-hybridized carbons (Fsp3) is 0.939. The summed E-state index contributed by atoms with van der Waals surface area (Å²) in [7, 11) is 0. The van der Waals surface area contributed by atoms with Gasteiger partial charge < -0.3 is 209 Å². The SMILES string of the molecule is CCCCCCCCCCCCC/C=C/[C@@H](O)[C@H](CO[C@@H]1OC(CO)[C@@H](O[C@@H]2OC(CO)[C@H](O)[C@H](O[C@@H]3OC(CO)[C@@H](O[C@@H]4OC(CO)[C@H](O)[C@H](O[C@@H]5OC(CO)[C@@H](O[C@@H]6OC(CO)[C@H](O)[C@H](O[C@H]7OC(CO)[C@H](O)[C@H](O)C7NC(C)=O)C6O[C@H]6OC(C)[C@@H](O)C(O)[C@@H]6O)[C@H](O)C5NC(C)=O)C4O)[C@H](O)C3NC(C)=O)C2O)[C@H](O)C1O)NC(=O)CCCCCCCCCCCCCCCCCCCCCCCCC. The van der Waals surface area contributed by atoms with Crippen LogP contribution in [0.2, 0.25) is 0 Å². The Hall–Kier alpha value is -3.90. The zero-order valence-corrected chi connectivity index (χ0v) is 84.5. The second-order valence-corrected chi connectivity index (χ2v) is 39.8. The number of ether oxygens (including phenoxy) is 16. The number of amides is 4. The normalized spacial score (nSPS) is 38.0. The molecular formula is C98H176N4O42. The van der Waals surface area contributed by atoms with E-state index in [-0.39, 0.29) is 12.3 Å². The average Bonchev–Trinajstić information content (AvgIpc) is 0.761. The number of nitrogens with one attached hydrogen (secondary N) is 4. The van der Waals surface area contributed by atoms with Gasteiger partial charge in [-0.1, -0.05) is 231 Å². The molecule has 0 aliphatic carbocycles. The molecule has 0 aromatic heterocycles. The van der Waals surface area contributed by atoms with Crippen LogP contribution in [0.1, 0.15) is 273 Å². The lowest BCUT2D eigenvalue weighted by Crippen LogP contribution is -2.71. The quantitative estimate of drug-likeness (QED) is 0.0221. The van der Waals surface area contributed by atoms with Gasteiger partial charge in [-0.15, -0.1) is 0 Å². The van der Waals surface area contributed by atoms with Crippen molar-refractivity contribution in [2.45, 2.75) is 530 Å². The number of unbranched alkanes of at least 4 members (excludes halogenated alkanes) is 33. The number of carbonyl (C=O) groups is 4. The molecule has 46 nitrogen and oxygen atoms in total. The third kappa shape index (κ3) is 37.5. The van der Waals surface area contributed by atoms with Crippen LogP contribution in [-0.2, 0) is 95.0 Å². The molecule has 8 aliphatic rings. The fourth-order valence-corrected chi connectivity index (χ4v) is 19.8. The fourth-order valence-electron chi connectivity index (χ4n) is 19.8. The molecule has 840 valence electrons. The first-order valence-corrected chi connectivity index (χ1v) is 52.8. The lowest BCUT2D eigenvalue weighted by atomic mass is 9.93. The topological polar surface area (TPSA) is 709 Å². The first-order chi connectivity index (χ1) is 69.1. The molecule has 8 rings (SSSR count). The Labute approximate surface area is 844 Å². The molecule has 26 N–H and O–H groups in total. The van der Waals surface area contributed by atoms with Gasteiger partial charge in [0.15, 0.2) is 50.3 Å². The van der Waals surface area contributed by atoms with E-state index in [0.29, 0.717) is 12.8 Å². The molecule has 0 saturated carbocycles. The highest BCUT2D eigenvalue weighted by molar-refractivity contribution is 5.76. The van der Waals surface area contributed by atoms with Crippen molar-refractivity contribution in [1.29, 1.82) is 0 Å². The summed E-state index contributed by atoms with van der Waals surface area (Å²) in [5.41, 5.74) is 0. The van der Waals surface area contributed by atoms with Gasteiger partial charge >= 0.3 is 0 Å². The van der Waals surface area contributed by atoms with Crippen LogP contribution in [0.3, 0.4) is 0 Å². The summed E-state index contributed by atoms with van der Waals surface area (Å²) in [4.78, 5) is 52.6. The average molecular weight is 2080 g/mol. The molecule has 16 unspecified atom stereocenters. The van der Waals surface area contributed by atoms with Gasteiger partial charge in [-0.05, 0) is 26.2 Å². The second kappa shape index (κ2) is 66.3. The minimum Gasteiger partial charge on any atom is -0.394 e. The molecule has 8 fully saturated rings. The number of aliphatic hydroxyl groups excluding tert-OH is 22. The van der Waals surface area contributed by atoms with Crippen molar-refractivity contribution < 1.29 is 207 Å². The van der Waals surface area contributed by atoms with Crippen LogP contribution in [-0.4, -0.2) is 446 Å². The highest BCUT2D eigenvalue weighted by atomic mass is 16.8. The molecular weight excluding hydrogens is 1910 g/mol. The maximum absolute atomic E-state index is 13.7. The molecule has 0 spiro atoms. The number of aliphatic hydroxyl groups is 22. The van der Waals surface area contributed by atoms with E-state index in [0.717, 1.165) is 72.1 Å². The van der Waals surface area contributed by atoms with Crippen LogP contribution < -0.4 is 21.3 Å². The number of hydrogen-bond acceptors (Lipinski definition) is 42. The lowest BCUT2D eigenvalue weighted by Gasteiger charge is -2.52. The molecule has 0 radical (unpaired) electrons. The zero-order chi connectivity index (χ0) is 105. The van der Waals surface area contributed by atoms with Gasteiger partial charge in [-0.3, -0.25) is 19.2 Å². The highest BCUT2D eigenvalue weighted by Gasteiger charge is 2.61. The van der Waals surface area contributed by atoms with Crippen LogP contribution in [0.4, 0.5) is 0 Å². The summed E-state index contributed by atoms with van der Waals surface area (Å²) in [6, 6.07) is -6.72. The Morgan fingerprint density at radius 3 is 0.965 bits per heavy atom. The van der Waals surface area contributed by atoms with Crippen molar-refractivity contribution >= 4 is 23.6 Å². The third-order valence-electron chi connectivity index (χ3n) is 28.3. The molecule has 42 atom stereocenters. The van der Waals surface area contributed by atoms with E-state index in [1.807, 2.05) is 6.08 Å². The van der Waals surface area contributed by atoms with Crippen molar-refractivity contribution in [1.82, 2.24) is 21.3 Å². The predicted octanol–water partition coefficient (Wildman–Crippen LogP) is -2.48. The van der Waals surface area contributed by atoms with Gasteiger partial charge in [-0.2, -0.15) is 0 Å². The molecule has 0 aromatic rings. The third-order valence-corrected chi connectivity index (χ3v) is 28.3. The maximum atomic E-state index is 13.7. The standard InChI is InChI=1S/C98H176N4O42/c1-7-9-11-13-15-17-19-21-22-23-24-25-26-27-28-29-30-32-34-36-38-40-42-44-66(114)102-57(58(113)43-41-39-37-35-33-31-20-18-16-14-12-10-8-2)52-129-94-81(126)79(124)86(65(51-109)137-94)139-97-83(128)88(73(118)61(47-105)133-97)142-92-68(100-55(5)111)76(121)84(63(49-107)135-92)138-96-82(127)87(72(117)60(46-104)132-96)141-93-69(101-56(6)112)77(122)85(64(50-108)136-93)140-98-90(144-95-80(125)78(123)70(115)53(3)130-95)89(74(119)62(48-106)134-98)143-91-67(99-54(4)110)75(120)71(116)59(45-103)131-91/h41,43,53,57-65,67-98,103-109,113,115-128H,7-40,42,44-52H2,1-6H3,(H,99,110)(H,100,111)(H,101,112)(H,102,114)/b43-41+/t53?,57-,58+,59?,60?,61?,62?,63?,64?,65?,67?,68?,69?,70+,71-,72-,73-,74-,75+,76+,77+,78?,79+,80-,81?,82?,83?,84+,85+,86+,87-,88-,89-,90?,91+,92-,93-,94+,95+,96-,97-,98-/m0/s1. The van der Waals surface area contributed by atoms with E-state index in [1.54, 1.807) is 6.08 Å². The van der Waals surface area contributed by atoms with E-state index >= 15 is 0 Å². The highest BCUT2D eigenvalue weighted by Crippen LogP contribution is 2.41. The number of allylic oxidation sites excluding steroid dienone is 1. The van der Waals surface area contributed by atoms with Gasteiger partial charge in [0.05, 0.1) is 71.1 Å². The molecule has 4 amide bonds.